The van der Waals surface area contributed by atoms with Crippen LogP contribution in [-0.4, -0.2) is 37.0 Å². The number of carbonyl (C=O) groups excluding carboxylic acids is 1. The maximum absolute atomic E-state index is 13.3. The summed E-state index contributed by atoms with van der Waals surface area (Å²) in [6.45, 7) is 3.78. The third-order valence-corrected chi connectivity index (χ3v) is 6.74. The molecule has 4 heteroatoms. The highest BCUT2D eigenvalue weighted by Crippen LogP contribution is 2.48. The number of ether oxygens (including phenoxy) is 1. The van der Waals surface area contributed by atoms with Gasteiger partial charge >= 0.3 is 0 Å². The Morgan fingerprint density at radius 1 is 1.13 bits per heavy atom. The van der Waals surface area contributed by atoms with Crippen LogP contribution in [0.15, 0.2) is 60.7 Å². The topological polar surface area (TPSA) is 41.6 Å². The molecule has 3 aromatic rings. The van der Waals surface area contributed by atoms with Crippen molar-refractivity contribution in [3.63, 3.8) is 0 Å². The number of amides is 1. The molecular weight excluding hydrogens is 372 g/mol. The van der Waals surface area contributed by atoms with E-state index in [9.17, 15) is 4.79 Å². The number of benzene rings is 3. The second-order valence-electron chi connectivity index (χ2n) is 8.77. The van der Waals surface area contributed by atoms with Crippen molar-refractivity contribution >= 4 is 16.7 Å². The molecule has 0 spiro atoms. The Balaban J connectivity index is 1.36. The van der Waals surface area contributed by atoms with E-state index in [1.807, 2.05) is 25.1 Å². The Morgan fingerprint density at radius 2 is 1.93 bits per heavy atom. The third-order valence-electron chi connectivity index (χ3n) is 6.74. The lowest BCUT2D eigenvalue weighted by Crippen LogP contribution is -2.48. The van der Waals surface area contributed by atoms with Crippen LogP contribution in [0.5, 0.6) is 5.75 Å². The van der Waals surface area contributed by atoms with Gasteiger partial charge in [-0.3, -0.25) is 9.69 Å². The predicted molar refractivity (Wildman–Crippen MR) is 120 cm³/mol. The number of likely N-dealkylation sites (tertiary alicyclic amines) is 1. The SMILES string of the molecule is Cc1ccc(OC[C@H]2CCN2C)cc1C(=O)NC1(c2cccc3ccccc23)CC1. The average Bonchev–Trinajstić information content (AvgIpc) is 3.53. The first kappa shape index (κ1) is 19.1. The molecule has 1 aliphatic heterocycles. The van der Waals surface area contributed by atoms with E-state index in [1.54, 1.807) is 0 Å². The molecular formula is C26H28N2O2. The van der Waals surface area contributed by atoms with Gasteiger partial charge in [-0.05, 0) is 73.8 Å². The zero-order chi connectivity index (χ0) is 20.7. The minimum absolute atomic E-state index is 0.0239. The van der Waals surface area contributed by atoms with Crippen molar-refractivity contribution in [2.75, 3.05) is 20.2 Å². The quantitative estimate of drug-likeness (QED) is 0.655. The van der Waals surface area contributed by atoms with Gasteiger partial charge in [-0.1, -0.05) is 48.5 Å². The third kappa shape index (κ3) is 3.46. The van der Waals surface area contributed by atoms with Gasteiger partial charge < -0.3 is 10.1 Å². The van der Waals surface area contributed by atoms with Crippen LogP contribution in [0.1, 0.15) is 40.7 Å². The van der Waals surface area contributed by atoms with Crippen molar-refractivity contribution in [3.8, 4) is 5.75 Å². The molecule has 5 rings (SSSR count). The van der Waals surface area contributed by atoms with Crippen molar-refractivity contribution in [2.24, 2.45) is 0 Å². The van der Waals surface area contributed by atoms with Gasteiger partial charge in [0.25, 0.3) is 5.91 Å². The average molecular weight is 401 g/mol. The molecule has 0 radical (unpaired) electrons. The highest BCUT2D eigenvalue weighted by Gasteiger charge is 2.46. The molecule has 3 aromatic carbocycles. The van der Waals surface area contributed by atoms with Gasteiger partial charge in [0.1, 0.15) is 12.4 Å². The van der Waals surface area contributed by atoms with Gasteiger partial charge in [0.05, 0.1) is 5.54 Å². The van der Waals surface area contributed by atoms with Crippen molar-refractivity contribution in [1.82, 2.24) is 10.2 Å². The number of nitrogens with zero attached hydrogens (tertiary/aromatic N) is 1. The Morgan fingerprint density at radius 3 is 2.67 bits per heavy atom. The molecule has 2 fully saturated rings. The summed E-state index contributed by atoms with van der Waals surface area (Å²) < 4.78 is 5.99. The number of hydrogen-bond donors (Lipinski definition) is 1. The normalized spacial score (nSPS) is 19.9. The van der Waals surface area contributed by atoms with Crippen LogP contribution < -0.4 is 10.1 Å². The minimum Gasteiger partial charge on any atom is -0.492 e. The van der Waals surface area contributed by atoms with E-state index in [2.05, 4.69) is 59.7 Å². The monoisotopic (exact) mass is 400 g/mol. The van der Waals surface area contributed by atoms with Crippen molar-refractivity contribution in [3.05, 3.63) is 77.4 Å². The molecule has 1 atom stereocenters. The summed E-state index contributed by atoms with van der Waals surface area (Å²) in [6, 6.07) is 21.1. The zero-order valence-corrected chi connectivity index (χ0v) is 17.7. The van der Waals surface area contributed by atoms with Crippen LogP contribution in [0.3, 0.4) is 0 Å². The minimum atomic E-state index is -0.268. The Kier molecular flexibility index (Phi) is 4.75. The summed E-state index contributed by atoms with van der Waals surface area (Å²) in [5.41, 5.74) is 2.61. The molecule has 30 heavy (non-hydrogen) atoms. The van der Waals surface area contributed by atoms with E-state index < -0.39 is 0 Å². The van der Waals surface area contributed by atoms with Crippen LogP contribution in [0.25, 0.3) is 10.8 Å². The molecule has 0 unspecified atom stereocenters. The Bertz CT molecular complexity index is 1100. The number of rotatable bonds is 6. The summed E-state index contributed by atoms with van der Waals surface area (Å²) in [7, 11) is 2.12. The van der Waals surface area contributed by atoms with E-state index in [4.69, 9.17) is 4.74 Å². The van der Waals surface area contributed by atoms with E-state index in [0.717, 1.165) is 30.7 Å². The van der Waals surface area contributed by atoms with E-state index in [-0.39, 0.29) is 11.4 Å². The molecule has 1 N–H and O–H groups in total. The number of fused-ring (bicyclic) bond motifs is 1. The summed E-state index contributed by atoms with van der Waals surface area (Å²) in [6.07, 6.45) is 3.11. The molecule has 154 valence electrons. The number of nitrogens with one attached hydrogen (secondary N) is 1. The van der Waals surface area contributed by atoms with Crippen LogP contribution in [0.2, 0.25) is 0 Å². The summed E-state index contributed by atoms with van der Waals surface area (Å²) >= 11 is 0. The molecule has 1 saturated heterocycles. The van der Waals surface area contributed by atoms with E-state index >= 15 is 0 Å². The van der Waals surface area contributed by atoms with Gasteiger partial charge in [0.15, 0.2) is 0 Å². The van der Waals surface area contributed by atoms with Gasteiger partial charge in [-0.15, -0.1) is 0 Å². The summed E-state index contributed by atoms with van der Waals surface area (Å²) in [5, 5.41) is 5.78. The fraction of sp³-hybridized carbons (Fsp3) is 0.346. The zero-order valence-electron chi connectivity index (χ0n) is 17.7. The standard InChI is InChI=1S/C26H28N2O2/c1-18-10-11-21(30-17-20-12-15-28(20)2)16-23(18)25(29)27-26(13-14-26)24-9-5-7-19-6-3-4-8-22(19)24/h3-11,16,20H,12-15,17H2,1-2H3,(H,27,29)/t20-/m1/s1. The lowest BCUT2D eigenvalue weighted by molar-refractivity contribution is 0.0767. The predicted octanol–water partition coefficient (Wildman–Crippen LogP) is 4.65. The number of aryl methyl sites for hydroxylation is 1. The maximum atomic E-state index is 13.3. The molecule has 0 bridgehead atoms. The molecule has 1 saturated carbocycles. The Hall–Kier alpha value is -2.85. The van der Waals surface area contributed by atoms with Crippen LogP contribution in [0.4, 0.5) is 0 Å². The molecule has 2 aliphatic rings. The number of hydrogen-bond acceptors (Lipinski definition) is 3. The van der Waals surface area contributed by atoms with Crippen LogP contribution in [0, 0.1) is 6.92 Å². The fourth-order valence-electron chi connectivity index (χ4n) is 4.42. The van der Waals surface area contributed by atoms with Crippen LogP contribution in [-0.2, 0) is 5.54 Å². The first-order chi connectivity index (χ1) is 14.6. The van der Waals surface area contributed by atoms with Crippen LogP contribution >= 0.6 is 0 Å². The second-order valence-corrected chi connectivity index (χ2v) is 8.77. The number of likely N-dealkylation sites (N-methyl/N-ethyl adjacent to an activating group) is 1. The largest absolute Gasteiger partial charge is 0.492 e. The fourth-order valence-corrected chi connectivity index (χ4v) is 4.42. The van der Waals surface area contributed by atoms with Gasteiger partial charge in [-0.2, -0.15) is 0 Å². The molecule has 1 amide bonds. The van der Waals surface area contributed by atoms with E-state index in [1.165, 1.54) is 22.8 Å². The smallest absolute Gasteiger partial charge is 0.252 e. The molecule has 4 nitrogen and oxygen atoms in total. The highest BCUT2D eigenvalue weighted by atomic mass is 16.5. The second kappa shape index (κ2) is 7.44. The Labute approximate surface area is 177 Å². The highest BCUT2D eigenvalue weighted by molar-refractivity contribution is 5.97. The maximum Gasteiger partial charge on any atom is 0.252 e. The summed E-state index contributed by atoms with van der Waals surface area (Å²) in [5.74, 6) is 0.741. The lowest BCUT2D eigenvalue weighted by Gasteiger charge is -2.37. The summed E-state index contributed by atoms with van der Waals surface area (Å²) in [4.78, 5) is 15.6. The molecule has 1 heterocycles. The van der Waals surface area contributed by atoms with E-state index in [0.29, 0.717) is 18.2 Å². The molecule has 0 aromatic heterocycles. The van der Waals surface area contributed by atoms with Crippen molar-refractivity contribution < 1.29 is 9.53 Å². The number of carbonyl (C=O) groups is 1. The van der Waals surface area contributed by atoms with Crippen molar-refractivity contribution in [1.29, 1.82) is 0 Å². The van der Waals surface area contributed by atoms with Gasteiger partial charge in [-0.25, -0.2) is 0 Å². The lowest BCUT2D eigenvalue weighted by atomic mass is 9.96. The van der Waals surface area contributed by atoms with Crippen molar-refractivity contribution in [2.45, 2.75) is 37.8 Å². The molecule has 1 aliphatic carbocycles. The first-order valence-corrected chi connectivity index (χ1v) is 10.8. The first-order valence-electron chi connectivity index (χ1n) is 10.8. The van der Waals surface area contributed by atoms with Gasteiger partial charge in [0, 0.05) is 11.6 Å². The van der Waals surface area contributed by atoms with Gasteiger partial charge in [0.2, 0.25) is 0 Å².